The normalized spacial score (nSPS) is 22.1. The fourth-order valence-corrected chi connectivity index (χ4v) is 3.98. The highest BCUT2D eigenvalue weighted by molar-refractivity contribution is 9.10. The Morgan fingerprint density at radius 3 is 3.12 bits per heavy atom. The van der Waals surface area contributed by atoms with Crippen LogP contribution >= 0.6 is 27.3 Å². The van der Waals surface area contributed by atoms with Crippen molar-refractivity contribution < 1.29 is 9.84 Å². The maximum atomic E-state index is 10.4. The molecule has 0 radical (unpaired) electrons. The van der Waals surface area contributed by atoms with Crippen molar-refractivity contribution in [3.05, 3.63) is 33.6 Å². The predicted molar refractivity (Wildman–Crippen MR) is 73.4 cm³/mol. The monoisotopic (exact) mass is 312 g/mol. The van der Waals surface area contributed by atoms with E-state index in [1.807, 2.05) is 12.1 Å². The number of halogens is 1. The van der Waals surface area contributed by atoms with Crippen LogP contribution in [0.4, 0.5) is 0 Å². The molecule has 1 N–H and O–H groups in total. The van der Waals surface area contributed by atoms with E-state index in [1.54, 1.807) is 11.3 Å². The lowest BCUT2D eigenvalue weighted by Crippen LogP contribution is -2.11. The molecule has 0 saturated carbocycles. The summed E-state index contributed by atoms with van der Waals surface area (Å²) in [5.41, 5.74) is 1.04. The summed E-state index contributed by atoms with van der Waals surface area (Å²) in [7, 11) is 0. The molecular weight excluding hydrogens is 300 g/mol. The van der Waals surface area contributed by atoms with Gasteiger partial charge in [-0.05, 0) is 44.7 Å². The summed E-state index contributed by atoms with van der Waals surface area (Å²) in [6.45, 7) is 1.44. The van der Waals surface area contributed by atoms with E-state index in [1.165, 1.54) is 4.70 Å². The van der Waals surface area contributed by atoms with Gasteiger partial charge in [-0.15, -0.1) is 11.3 Å². The zero-order valence-electron chi connectivity index (χ0n) is 9.23. The smallest absolute Gasteiger partial charge is 0.0855 e. The molecule has 2 unspecified atom stereocenters. The van der Waals surface area contributed by atoms with E-state index in [-0.39, 0.29) is 5.92 Å². The Morgan fingerprint density at radius 2 is 2.35 bits per heavy atom. The molecule has 3 rings (SSSR count). The molecule has 1 aromatic carbocycles. The molecule has 17 heavy (non-hydrogen) atoms. The van der Waals surface area contributed by atoms with E-state index < -0.39 is 6.10 Å². The second-order valence-corrected chi connectivity index (χ2v) is 6.11. The van der Waals surface area contributed by atoms with Crippen LogP contribution in [0.1, 0.15) is 18.1 Å². The highest BCUT2D eigenvalue weighted by Crippen LogP contribution is 2.38. The number of rotatable bonds is 2. The third-order valence-electron chi connectivity index (χ3n) is 3.31. The first-order valence-electron chi connectivity index (χ1n) is 5.69. The van der Waals surface area contributed by atoms with Crippen molar-refractivity contribution in [2.24, 2.45) is 5.92 Å². The van der Waals surface area contributed by atoms with Gasteiger partial charge in [0.2, 0.25) is 0 Å². The first-order chi connectivity index (χ1) is 8.27. The van der Waals surface area contributed by atoms with Crippen LogP contribution in [0.5, 0.6) is 0 Å². The van der Waals surface area contributed by atoms with Crippen LogP contribution in [-0.4, -0.2) is 18.3 Å². The zero-order chi connectivity index (χ0) is 11.8. The SMILES string of the molecule is OC(c1csc2c(Br)cccc12)C1CCOC1. The number of aliphatic hydroxyl groups excluding tert-OH is 1. The summed E-state index contributed by atoms with van der Waals surface area (Å²) in [5.74, 6) is 0.242. The van der Waals surface area contributed by atoms with Gasteiger partial charge < -0.3 is 9.84 Å². The first kappa shape index (κ1) is 11.7. The summed E-state index contributed by atoms with van der Waals surface area (Å²) >= 11 is 5.23. The minimum Gasteiger partial charge on any atom is -0.388 e. The van der Waals surface area contributed by atoms with Crippen LogP contribution in [-0.2, 0) is 4.74 Å². The second-order valence-electron chi connectivity index (χ2n) is 4.38. The van der Waals surface area contributed by atoms with Gasteiger partial charge in [-0.3, -0.25) is 0 Å². The number of hydrogen-bond acceptors (Lipinski definition) is 3. The van der Waals surface area contributed by atoms with Gasteiger partial charge in [0.1, 0.15) is 0 Å². The lowest BCUT2D eigenvalue weighted by atomic mass is 9.95. The van der Waals surface area contributed by atoms with Gasteiger partial charge in [0.05, 0.1) is 12.7 Å². The second kappa shape index (κ2) is 4.69. The summed E-state index contributed by atoms with van der Waals surface area (Å²) in [4.78, 5) is 0. The molecule has 4 heteroatoms. The van der Waals surface area contributed by atoms with Gasteiger partial charge in [0, 0.05) is 21.7 Å². The van der Waals surface area contributed by atoms with E-state index >= 15 is 0 Å². The minimum atomic E-state index is -0.402. The van der Waals surface area contributed by atoms with Crippen molar-refractivity contribution >= 4 is 37.4 Å². The Morgan fingerprint density at radius 1 is 1.47 bits per heavy atom. The fraction of sp³-hybridized carbons (Fsp3) is 0.385. The molecule has 2 heterocycles. The number of benzene rings is 1. The zero-order valence-corrected chi connectivity index (χ0v) is 11.6. The highest BCUT2D eigenvalue weighted by Gasteiger charge is 2.27. The third kappa shape index (κ3) is 2.03. The van der Waals surface area contributed by atoms with Crippen LogP contribution in [0.15, 0.2) is 28.1 Å². The van der Waals surface area contributed by atoms with Gasteiger partial charge in [-0.25, -0.2) is 0 Å². The maximum Gasteiger partial charge on any atom is 0.0855 e. The van der Waals surface area contributed by atoms with E-state index in [2.05, 4.69) is 27.4 Å². The molecule has 1 fully saturated rings. The molecule has 1 aliphatic rings. The van der Waals surface area contributed by atoms with Gasteiger partial charge in [-0.2, -0.15) is 0 Å². The molecule has 2 atom stereocenters. The molecular formula is C13H13BrO2S. The van der Waals surface area contributed by atoms with Gasteiger partial charge in [0.15, 0.2) is 0 Å². The molecule has 0 aliphatic carbocycles. The van der Waals surface area contributed by atoms with E-state index in [0.717, 1.165) is 28.5 Å². The van der Waals surface area contributed by atoms with Crippen molar-refractivity contribution in [1.82, 2.24) is 0 Å². The lowest BCUT2D eigenvalue weighted by molar-refractivity contribution is 0.0931. The first-order valence-corrected chi connectivity index (χ1v) is 7.36. The van der Waals surface area contributed by atoms with E-state index in [0.29, 0.717) is 6.61 Å². The average Bonchev–Trinajstić information content (AvgIpc) is 2.98. The molecule has 90 valence electrons. The number of ether oxygens (including phenoxy) is 1. The molecule has 0 spiro atoms. The molecule has 2 aromatic rings. The molecule has 2 nitrogen and oxygen atoms in total. The molecule has 0 amide bonds. The Bertz CT molecular complexity index is 531. The number of fused-ring (bicyclic) bond motifs is 1. The summed E-state index contributed by atoms with van der Waals surface area (Å²) < 4.78 is 7.65. The molecule has 1 saturated heterocycles. The average molecular weight is 313 g/mol. The Labute approximate surface area is 112 Å². The lowest BCUT2D eigenvalue weighted by Gasteiger charge is -2.15. The van der Waals surface area contributed by atoms with Crippen LogP contribution in [0, 0.1) is 5.92 Å². The van der Waals surface area contributed by atoms with Crippen molar-refractivity contribution in [3.63, 3.8) is 0 Å². The van der Waals surface area contributed by atoms with Crippen LogP contribution in [0.3, 0.4) is 0 Å². The Hall–Kier alpha value is -0.420. The third-order valence-corrected chi connectivity index (χ3v) is 5.28. The van der Waals surface area contributed by atoms with Crippen molar-refractivity contribution in [2.75, 3.05) is 13.2 Å². The minimum absolute atomic E-state index is 0.242. The Balaban J connectivity index is 2.02. The number of thiophene rings is 1. The summed E-state index contributed by atoms with van der Waals surface area (Å²) in [5, 5.41) is 13.6. The van der Waals surface area contributed by atoms with E-state index in [9.17, 15) is 5.11 Å². The highest BCUT2D eigenvalue weighted by atomic mass is 79.9. The standard InChI is InChI=1S/C13H13BrO2S/c14-11-3-1-2-9-10(7-17-13(9)11)12(15)8-4-5-16-6-8/h1-3,7-8,12,15H,4-6H2. The van der Waals surface area contributed by atoms with Crippen LogP contribution < -0.4 is 0 Å². The topological polar surface area (TPSA) is 29.5 Å². The van der Waals surface area contributed by atoms with Gasteiger partial charge in [0.25, 0.3) is 0 Å². The van der Waals surface area contributed by atoms with Crippen molar-refractivity contribution in [2.45, 2.75) is 12.5 Å². The predicted octanol–water partition coefficient (Wildman–Crippen LogP) is 3.73. The Kier molecular flexibility index (Phi) is 3.21. The fourth-order valence-electron chi connectivity index (χ4n) is 2.33. The van der Waals surface area contributed by atoms with E-state index in [4.69, 9.17) is 4.74 Å². The largest absolute Gasteiger partial charge is 0.388 e. The van der Waals surface area contributed by atoms with Crippen molar-refractivity contribution in [3.8, 4) is 0 Å². The summed E-state index contributed by atoms with van der Waals surface area (Å²) in [6.07, 6.45) is 0.549. The maximum absolute atomic E-state index is 10.4. The number of aliphatic hydroxyl groups is 1. The quantitative estimate of drug-likeness (QED) is 0.915. The number of hydrogen-bond donors (Lipinski definition) is 1. The summed E-state index contributed by atoms with van der Waals surface area (Å²) in [6, 6.07) is 6.12. The van der Waals surface area contributed by atoms with Gasteiger partial charge in [-0.1, -0.05) is 12.1 Å². The van der Waals surface area contributed by atoms with Crippen LogP contribution in [0.2, 0.25) is 0 Å². The van der Waals surface area contributed by atoms with Crippen molar-refractivity contribution in [1.29, 1.82) is 0 Å². The van der Waals surface area contributed by atoms with Gasteiger partial charge >= 0.3 is 0 Å². The van der Waals surface area contributed by atoms with Crippen LogP contribution in [0.25, 0.3) is 10.1 Å². The molecule has 1 aliphatic heterocycles. The molecule has 0 bridgehead atoms. The molecule has 1 aromatic heterocycles.